The smallest absolute Gasteiger partial charge is 0.300 e. The van der Waals surface area contributed by atoms with Gasteiger partial charge in [-0.05, 0) is 18.6 Å². The van der Waals surface area contributed by atoms with Gasteiger partial charge in [0.2, 0.25) is 5.65 Å². The number of hydrogen-bond acceptors (Lipinski definition) is 5. The molecule has 5 nitrogen and oxygen atoms in total. The van der Waals surface area contributed by atoms with Gasteiger partial charge in [-0.3, -0.25) is 4.90 Å². The first-order valence-electron chi connectivity index (χ1n) is 6.11. The van der Waals surface area contributed by atoms with Gasteiger partial charge in [0.15, 0.2) is 5.58 Å². The zero-order valence-electron chi connectivity index (χ0n) is 9.54. The van der Waals surface area contributed by atoms with Crippen molar-refractivity contribution in [3.8, 4) is 0 Å². The molecule has 0 saturated carbocycles. The summed E-state index contributed by atoms with van der Waals surface area (Å²) in [6.07, 6.45) is 2.97. The molecule has 4 heterocycles. The Hall–Kier alpha value is -1.62. The van der Waals surface area contributed by atoms with Gasteiger partial charge >= 0.3 is 0 Å². The molecule has 2 aliphatic heterocycles. The summed E-state index contributed by atoms with van der Waals surface area (Å²) in [5.41, 5.74) is 1.49. The average Bonchev–Trinajstić information content (AvgIpc) is 2.94. The second-order valence-corrected chi connectivity index (χ2v) is 4.76. The Bertz CT molecular complexity index is 519. The van der Waals surface area contributed by atoms with Crippen LogP contribution in [-0.2, 0) is 0 Å². The van der Waals surface area contributed by atoms with E-state index in [1.54, 1.807) is 6.20 Å². The van der Waals surface area contributed by atoms with Gasteiger partial charge in [0.05, 0.1) is 0 Å². The molecule has 0 N–H and O–H groups in total. The maximum absolute atomic E-state index is 5.79. The van der Waals surface area contributed by atoms with E-state index < -0.39 is 0 Å². The maximum Gasteiger partial charge on any atom is 0.300 e. The Morgan fingerprint density at radius 2 is 2.29 bits per heavy atom. The molecule has 0 spiro atoms. The molecule has 88 valence electrons. The van der Waals surface area contributed by atoms with E-state index in [2.05, 4.69) is 19.8 Å². The molecule has 4 rings (SSSR count). The van der Waals surface area contributed by atoms with Crippen LogP contribution in [0.3, 0.4) is 0 Å². The minimum atomic E-state index is 0.566. The van der Waals surface area contributed by atoms with E-state index in [-0.39, 0.29) is 0 Å². The van der Waals surface area contributed by atoms with E-state index >= 15 is 0 Å². The van der Waals surface area contributed by atoms with Crippen molar-refractivity contribution in [1.82, 2.24) is 14.9 Å². The molecular formula is C12H14N4O. The van der Waals surface area contributed by atoms with Crippen LogP contribution < -0.4 is 4.90 Å². The number of oxazole rings is 1. The number of fused-ring (bicyclic) bond motifs is 3. The van der Waals surface area contributed by atoms with Crippen LogP contribution in [0.25, 0.3) is 11.2 Å². The molecular weight excluding hydrogens is 216 g/mol. The van der Waals surface area contributed by atoms with E-state index in [9.17, 15) is 0 Å². The Labute approximate surface area is 99.0 Å². The van der Waals surface area contributed by atoms with Crippen LogP contribution in [0, 0.1) is 0 Å². The molecule has 0 amide bonds. The van der Waals surface area contributed by atoms with Crippen molar-refractivity contribution in [2.45, 2.75) is 12.5 Å². The van der Waals surface area contributed by atoms with Crippen molar-refractivity contribution in [2.75, 3.05) is 31.1 Å². The van der Waals surface area contributed by atoms with Gasteiger partial charge in [0.1, 0.15) is 0 Å². The summed E-state index contributed by atoms with van der Waals surface area (Å²) in [4.78, 5) is 13.5. The first-order valence-corrected chi connectivity index (χ1v) is 6.11. The number of rotatable bonds is 1. The summed E-state index contributed by atoms with van der Waals surface area (Å²) < 4.78 is 5.79. The number of anilines is 1. The zero-order chi connectivity index (χ0) is 11.2. The number of piperazine rings is 1. The molecule has 0 radical (unpaired) electrons. The van der Waals surface area contributed by atoms with Crippen molar-refractivity contribution < 1.29 is 4.42 Å². The van der Waals surface area contributed by atoms with Crippen LogP contribution in [-0.4, -0.2) is 47.1 Å². The Morgan fingerprint density at radius 3 is 3.24 bits per heavy atom. The number of nitrogens with zero attached hydrogens (tertiary/aromatic N) is 4. The molecule has 2 fully saturated rings. The van der Waals surface area contributed by atoms with E-state index in [1.807, 2.05) is 12.1 Å². The summed E-state index contributed by atoms with van der Waals surface area (Å²) in [7, 11) is 0. The quantitative estimate of drug-likeness (QED) is 0.734. The summed E-state index contributed by atoms with van der Waals surface area (Å²) in [5.74, 6) is 0. The molecule has 0 aliphatic carbocycles. The third kappa shape index (κ3) is 1.42. The standard InChI is InChI=1S/C12H14N4O/c1-2-10-11(13-4-1)14-12(17-10)16-7-6-15-5-3-9(16)8-15/h1-2,4,9H,3,5-8H2/t9-/m1/s1. The SMILES string of the molecule is c1cnc2nc(N3CCN4CC[C@@H]3C4)oc2c1. The first kappa shape index (κ1) is 9.41. The van der Waals surface area contributed by atoms with Gasteiger partial charge in [-0.2, -0.15) is 4.98 Å². The van der Waals surface area contributed by atoms with Crippen LogP contribution >= 0.6 is 0 Å². The average molecular weight is 230 g/mol. The lowest BCUT2D eigenvalue weighted by molar-refractivity contribution is 0.304. The fraction of sp³-hybridized carbons (Fsp3) is 0.500. The van der Waals surface area contributed by atoms with Crippen LogP contribution in [0.15, 0.2) is 22.7 Å². The van der Waals surface area contributed by atoms with Gasteiger partial charge in [-0.25, -0.2) is 4.98 Å². The van der Waals surface area contributed by atoms with Gasteiger partial charge < -0.3 is 9.32 Å². The van der Waals surface area contributed by atoms with Crippen molar-refractivity contribution in [3.63, 3.8) is 0 Å². The van der Waals surface area contributed by atoms with Crippen molar-refractivity contribution in [3.05, 3.63) is 18.3 Å². The normalized spacial score (nSPS) is 27.9. The van der Waals surface area contributed by atoms with Crippen molar-refractivity contribution in [1.29, 1.82) is 0 Å². The molecule has 17 heavy (non-hydrogen) atoms. The van der Waals surface area contributed by atoms with Gasteiger partial charge in [-0.1, -0.05) is 0 Å². The van der Waals surface area contributed by atoms with Crippen molar-refractivity contribution in [2.24, 2.45) is 0 Å². The lowest BCUT2D eigenvalue weighted by Crippen LogP contribution is -2.46. The lowest BCUT2D eigenvalue weighted by Gasteiger charge is -2.32. The van der Waals surface area contributed by atoms with Crippen LogP contribution in [0.5, 0.6) is 0 Å². The second-order valence-electron chi connectivity index (χ2n) is 4.76. The zero-order valence-corrected chi connectivity index (χ0v) is 9.54. The lowest BCUT2D eigenvalue weighted by atomic mass is 10.2. The third-order valence-corrected chi connectivity index (χ3v) is 3.74. The predicted molar refractivity (Wildman–Crippen MR) is 64.0 cm³/mol. The van der Waals surface area contributed by atoms with Gasteiger partial charge in [-0.15, -0.1) is 0 Å². The summed E-state index contributed by atoms with van der Waals surface area (Å²) in [6.45, 7) is 4.48. The molecule has 2 aliphatic rings. The topological polar surface area (TPSA) is 45.4 Å². The predicted octanol–water partition coefficient (Wildman–Crippen LogP) is 1.12. The highest BCUT2D eigenvalue weighted by Gasteiger charge is 2.34. The molecule has 0 aromatic carbocycles. The summed E-state index contributed by atoms with van der Waals surface area (Å²) in [5, 5.41) is 0. The molecule has 5 heteroatoms. The highest BCUT2D eigenvalue weighted by Crippen LogP contribution is 2.28. The Morgan fingerprint density at radius 1 is 1.29 bits per heavy atom. The molecule has 2 aromatic heterocycles. The summed E-state index contributed by atoms with van der Waals surface area (Å²) >= 11 is 0. The molecule has 2 atom stereocenters. The fourth-order valence-corrected chi connectivity index (χ4v) is 2.83. The number of pyridine rings is 1. The minimum absolute atomic E-state index is 0.566. The highest BCUT2D eigenvalue weighted by atomic mass is 16.4. The molecule has 2 aromatic rings. The first-order chi connectivity index (χ1) is 8.40. The van der Waals surface area contributed by atoms with Gasteiger partial charge in [0.25, 0.3) is 6.01 Å². The molecule has 2 bridgehead atoms. The Kier molecular flexibility index (Phi) is 1.90. The molecule has 2 saturated heterocycles. The van der Waals surface area contributed by atoms with E-state index in [1.165, 1.54) is 13.0 Å². The number of aromatic nitrogens is 2. The van der Waals surface area contributed by atoms with E-state index in [0.717, 1.165) is 31.2 Å². The third-order valence-electron chi connectivity index (χ3n) is 3.74. The van der Waals surface area contributed by atoms with E-state index in [0.29, 0.717) is 11.7 Å². The molecule has 1 unspecified atom stereocenters. The van der Waals surface area contributed by atoms with E-state index in [4.69, 9.17) is 4.42 Å². The maximum atomic E-state index is 5.79. The monoisotopic (exact) mass is 230 g/mol. The largest absolute Gasteiger partial charge is 0.422 e. The van der Waals surface area contributed by atoms with Crippen LogP contribution in [0.2, 0.25) is 0 Å². The van der Waals surface area contributed by atoms with Crippen LogP contribution in [0.4, 0.5) is 6.01 Å². The number of hydrogen-bond donors (Lipinski definition) is 0. The summed E-state index contributed by atoms with van der Waals surface area (Å²) in [6, 6.07) is 5.11. The Balaban J connectivity index is 1.73. The fourth-order valence-electron chi connectivity index (χ4n) is 2.83. The van der Waals surface area contributed by atoms with Crippen molar-refractivity contribution >= 4 is 17.2 Å². The highest BCUT2D eigenvalue weighted by molar-refractivity contribution is 5.69. The van der Waals surface area contributed by atoms with Gasteiger partial charge in [0, 0.05) is 38.4 Å². The minimum Gasteiger partial charge on any atom is -0.422 e. The van der Waals surface area contributed by atoms with Crippen LogP contribution in [0.1, 0.15) is 6.42 Å². The second kappa shape index (κ2) is 3.43.